The zero-order valence-corrected chi connectivity index (χ0v) is 17.7. The molecule has 0 radical (unpaired) electrons. The summed E-state index contributed by atoms with van der Waals surface area (Å²) in [6, 6.07) is 18.4. The van der Waals surface area contributed by atoms with Crippen molar-refractivity contribution in [2.75, 3.05) is 39.8 Å². The normalized spacial score (nSPS) is 20.3. The minimum atomic E-state index is 0.200. The zero-order chi connectivity index (χ0) is 20.8. The number of benzene rings is 2. The van der Waals surface area contributed by atoms with Crippen LogP contribution >= 0.6 is 0 Å². The Kier molecular flexibility index (Phi) is 6.57. The third kappa shape index (κ3) is 4.96. The smallest absolute Gasteiger partial charge is 0.274 e. The summed E-state index contributed by atoms with van der Waals surface area (Å²) in [5, 5.41) is 8.58. The van der Waals surface area contributed by atoms with Crippen molar-refractivity contribution in [2.45, 2.75) is 13.0 Å². The van der Waals surface area contributed by atoms with Crippen molar-refractivity contribution >= 4 is 6.08 Å². The molecule has 1 saturated heterocycles. The highest BCUT2D eigenvalue weighted by atomic mass is 16.5. The molecule has 2 N–H and O–H groups in total. The molecular weight excluding hydrogens is 376 g/mol. The molecule has 4 rings (SSSR count). The van der Waals surface area contributed by atoms with Gasteiger partial charge in [-0.15, -0.1) is 10.2 Å². The molecule has 0 saturated carbocycles. The SMILES string of the molecule is COc1ccc(-c2nnc([C@@H](C)[NH+]3CC[NH+](C/C=C/c4ccccc4)CC3)o2)cc1. The predicted octanol–water partition coefficient (Wildman–Crippen LogP) is 1.30. The Labute approximate surface area is 177 Å². The minimum Gasteiger partial charge on any atom is -0.497 e. The first kappa shape index (κ1) is 20.3. The Hall–Kier alpha value is -2.96. The highest BCUT2D eigenvalue weighted by molar-refractivity contribution is 5.54. The van der Waals surface area contributed by atoms with Gasteiger partial charge < -0.3 is 19.0 Å². The molecule has 1 atom stereocenters. The number of nitrogens with zero attached hydrogens (tertiary/aromatic N) is 2. The molecule has 1 aromatic heterocycles. The van der Waals surface area contributed by atoms with Crippen molar-refractivity contribution < 1.29 is 19.0 Å². The fourth-order valence-electron chi connectivity index (χ4n) is 3.92. The van der Waals surface area contributed by atoms with E-state index < -0.39 is 0 Å². The number of aromatic nitrogens is 2. The standard InChI is InChI=1S/C24H28N4O2/c1-19(23-25-26-24(30-23)21-10-12-22(29-2)13-11-21)28-17-15-27(16-18-28)14-6-9-20-7-4-3-5-8-20/h3-13,19H,14-18H2,1-2H3/p+2/b9-6+/t19-/m1/s1. The third-order valence-corrected chi connectivity index (χ3v) is 5.88. The summed E-state index contributed by atoms with van der Waals surface area (Å²) in [4.78, 5) is 3.14. The first-order chi connectivity index (χ1) is 14.7. The second-order valence-corrected chi connectivity index (χ2v) is 7.82. The number of nitrogens with one attached hydrogen (secondary N) is 2. The molecular formula is C24H30N4O2+2. The van der Waals surface area contributed by atoms with Crippen molar-refractivity contribution in [1.29, 1.82) is 0 Å². The van der Waals surface area contributed by atoms with Gasteiger partial charge in [-0.25, -0.2) is 0 Å². The van der Waals surface area contributed by atoms with Crippen LogP contribution in [-0.4, -0.2) is 50.0 Å². The van der Waals surface area contributed by atoms with Gasteiger partial charge >= 0.3 is 0 Å². The molecule has 0 amide bonds. The number of ether oxygens (including phenoxy) is 1. The lowest BCUT2D eigenvalue weighted by Crippen LogP contribution is -3.28. The molecule has 0 bridgehead atoms. The maximum absolute atomic E-state index is 6.00. The average Bonchev–Trinajstić information content (AvgIpc) is 3.30. The number of quaternary nitrogens is 2. The van der Waals surface area contributed by atoms with E-state index in [1.165, 1.54) is 10.5 Å². The van der Waals surface area contributed by atoms with E-state index in [0.717, 1.165) is 44.0 Å². The summed E-state index contributed by atoms with van der Waals surface area (Å²) in [5.74, 6) is 2.09. The van der Waals surface area contributed by atoms with Crippen LogP contribution in [-0.2, 0) is 0 Å². The van der Waals surface area contributed by atoms with Gasteiger partial charge in [-0.3, -0.25) is 0 Å². The van der Waals surface area contributed by atoms with Gasteiger partial charge in [-0.05, 0) is 42.8 Å². The number of piperazine rings is 1. The van der Waals surface area contributed by atoms with E-state index in [2.05, 4.69) is 59.6 Å². The van der Waals surface area contributed by atoms with Gasteiger partial charge in [-0.1, -0.05) is 36.4 Å². The fourth-order valence-corrected chi connectivity index (χ4v) is 3.92. The maximum atomic E-state index is 6.00. The van der Waals surface area contributed by atoms with Crippen molar-refractivity contribution in [3.63, 3.8) is 0 Å². The average molecular weight is 407 g/mol. The molecule has 30 heavy (non-hydrogen) atoms. The Balaban J connectivity index is 1.29. The fraction of sp³-hybridized carbons (Fsp3) is 0.333. The molecule has 2 aromatic carbocycles. The maximum Gasteiger partial charge on any atom is 0.274 e. The van der Waals surface area contributed by atoms with E-state index in [4.69, 9.17) is 9.15 Å². The molecule has 1 fully saturated rings. The van der Waals surface area contributed by atoms with Crippen LogP contribution in [0.15, 0.2) is 65.1 Å². The van der Waals surface area contributed by atoms with Gasteiger partial charge in [0.05, 0.1) is 13.7 Å². The number of methoxy groups -OCH3 is 1. The first-order valence-corrected chi connectivity index (χ1v) is 10.6. The lowest BCUT2D eigenvalue weighted by molar-refractivity contribution is -1.02. The Bertz CT molecular complexity index is 945. The molecule has 0 spiro atoms. The molecule has 1 aliphatic rings. The van der Waals surface area contributed by atoms with E-state index in [9.17, 15) is 0 Å². The lowest BCUT2D eigenvalue weighted by atomic mass is 10.2. The molecule has 0 aliphatic carbocycles. The minimum absolute atomic E-state index is 0.200. The Morgan fingerprint density at radius 2 is 1.73 bits per heavy atom. The van der Waals surface area contributed by atoms with Crippen LogP contribution in [0.3, 0.4) is 0 Å². The van der Waals surface area contributed by atoms with Gasteiger partial charge in [0.1, 0.15) is 31.9 Å². The second kappa shape index (κ2) is 9.69. The summed E-state index contributed by atoms with van der Waals surface area (Å²) in [6.07, 6.45) is 4.51. The first-order valence-electron chi connectivity index (χ1n) is 10.6. The van der Waals surface area contributed by atoms with Crippen LogP contribution in [0.1, 0.15) is 24.4 Å². The summed E-state index contributed by atoms with van der Waals surface area (Å²) in [5.41, 5.74) is 2.18. The Morgan fingerprint density at radius 1 is 1.00 bits per heavy atom. The van der Waals surface area contributed by atoms with Crippen LogP contribution < -0.4 is 14.5 Å². The second-order valence-electron chi connectivity index (χ2n) is 7.82. The van der Waals surface area contributed by atoms with E-state index in [-0.39, 0.29) is 6.04 Å². The summed E-state index contributed by atoms with van der Waals surface area (Å²) < 4.78 is 11.2. The topological polar surface area (TPSA) is 57.0 Å². The largest absolute Gasteiger partial charge is 0.497 e. The van der Waals surface area contributed by atoms with Crippen LogP contribution in [0, 0.1) is 0 Å². The van der Waals surface area contributed by atoms with Crippen LogP contribution in [0.2, 0.25) is 0 Å². The van der Waals surface area contributed by atoms with Gasteiger partial charge in [0, 0.05) is 5.56 Å². The van der Waals surface area contributed by atoms with E-state index in [1.54, 1.807) is 12.0 Å². The number of hydrogen-bond donors (Lipinski definition) is 2. The number of rotatable bonds is 7. The molecule has 3 aromatic rings. The quantitative estimate of drug-likeness (QED) is 0.621. The third-order valence-electron chi connectivity index (χ3n) is 5.88. The highest BCUT2D eigenvalue weighted by Gasteiger charge is 2.30. The number of hydrogen-bond acceptors (Lipinski definition) is 4. The van der Waals surface area contributed by atoms with Crippen molar-refractivity contribution in [3.8, 4) is 17.2 Å². The lowest BCUT2D eigenvalue weighted by Gasteiger charge is -2.31. The van der Waals surface area contributed by atoms with E-state index in [0.29, 0.717) is 11.8 Å². The summed E-state index contributed by atoms with van der Waals surface area (Å²) in [6.45, 7) is 7.77. The van der Waals surface area contributed by atoms with Crippen molar-refractivity contribution in [3.05, 3.63) is 72.1 Å². The summed E-state index contributed by atoms with van der Waals surface area (Å²) >= 11 is 0. The Morgan fingerprint density at radius 3 is 2.43 bits per heavy atom. The van der Waals surface area contributed by atoms with E-state index in [1.807, 2.05) is 24.3 Å². The monoisotopic (exact) mass is 406 g/mol. The summed E-state index contributed by atoms with van der Waals surface area (Å²) in [7, 11) is 1.66. The van der Waals surface area contributed by atoms with Gasteiger partial charge in [-0.2, -0.15) is 0 Å². The van der Waals surface area contributed by atoms with Gasteiger partial charge in [0.2, 0.25) is 5.89 Å². The molecule has 6 heteroatoms. The molecule has 0 unspecified atom stereocenters. The molecule has 2 heterocycles. The highest BCUT2D eigenvalue weighted by Crippen LogP contribution is 2.22. The van der Waals surface area contributed by atoms with Crippen molar-refractivity contribution in [2.24, 2.45) is 0 Å². The zero-order valence-electron chi connectivity index (χ0n) is 17.7. The van der Waals surface area contributed by atoms with Crippen LogP contribution in [0.5, 0.6) is 5.75 Å². The van der Waals surface area contributed by atoms with Gasteiger partial charge in [0.15, 0.2) is 6.04 Å². The molecule has 6 nitrogen and oxygen atoms in total. The predicted molar refractivity (Wildman–Crippen MR) is 116 cm³/mol. The van der Waals surface area contributed by atoms with Gasteiger partial charge in [0.25, 0.3) is 5.89 Å². The molecule has 1 aliphatic heterocycles. The molecule has 156 valence electrons. The van der Waals surface area contributed by atoms with Crippen molar-refractivity contribution in [1.82, 2.24) is 10.2 Å². The van der Waals surface area contributed by atoms with Crippen LogP contribution in [0.4, 0.5) is 0 Å². The van der Waals surface area contributed by atoms with E-state index >= 15 is 0 Å². The van der Waals surface area contributed by atoms with Crippen LogP contribution in [0.25, 0.3) is 17.5 Å².